The van der Waals surface area contributed by atoms with Gasteiger partial charge in [0.15, 0.2) is 11.6 Å². The predicted octanol–water partition coefficient (Wildman–Crippen LogP) is 2.69. The van der Waals surface area contributed by atoms with Gasteiger partial charge in [0.2, 0.25) is 5.95 Å². The third kappa shape index (κ3) is 3.88. The molecule has 0 aliphatic heterocycles. The SMILES string of the molecule is O=C(O)Cc1c(F)c(NCCc2ccccn2)nc(F)c1Cl. The zero-order chi connectivity index (χ0) is 16.1. The number of halogens is 3. The average molecular weight is 328 g/mol. The van der Waals surface area contributed by atoms with Crippen LogP contribution in [0.25, 0.3) is 0 Å². The summed E-state index contributed by atoms with van der Waals surface area (Å²) < 4.78 is 27.7. The van der Waals surface area contributed by atoms with Gasteiger partial charge < -0.3 is 10.4 Å². The molecule has 0 amide bonds. The summed E-state index contributed by atoms with van der Waals surface area (Å²) in [6.45, 7) is 0.258. The lowest BCUT2D eigenvalue weighted by Crippen LogP contribution is -2.13. The van der Waals surface area contributed by atoms with Crippen molar-refractivity contribution in [1.82, 2.24) is 9.97 Å². The highest BCUT2D eigenvalue weighted by atomic mass is 35.5. The van der Waals surface area contributed by atoms with Crippen molar-refractivity contribution < 1.29 is 18.7 Å². The number of anilines is 1. The van der Waals surface area contributed by atoms with Crippen molar-refractivity contribution in [1.29, 1.82) is 0 Å². The molecule has 116 valence electrons. The van der Waals surface area contributed by atoms with Crippen molar-refractivity contribution in [2.75, 3.05) is 11.9 Å². The molecule has 0 radical (unpaired) electrons. The van der Waals surface area contributed by atoms with E-state index in [-0.39, 0.29) is 12.4 Å². The minimum Gasteiger partial charge on any atom is -0.481 e. The van der Waals surface area contributed by atoms with E-state index in [9.17, 15) is 13.6 Å². The molecule has 0 aliphatic rings. The number of carboxylic acid groups (broad SMARTS) is 1. The van der Waals surface area contributed by atoms with Crippen molar-refractivity contribution in [3.8, 4) is 0 Å². The lowest BCUT2D eigenvalue weighted by molar-refractivity contribution is -0.136. The molecule has 0 saturated heterocycles. The van der Waals surface area contributed by atoms with E-state index in [1.165, 1.54) is 0 Å². The second-order valence-electron chi connectivity index (χ2n) is 4.43. The standard InChI is InChI=1S/C14H12ClF2N3O2/c15-11-9(7-10(21)22)12(16)14(20-13(11)17)19-6-4-8-3-1-2-5-18-8/h1-3,5H,4,6-7H2,(H,19,20)(H,21,22). The molecule has 2 aromatic rings. The van der Waals surface area contributed by atoms with Crippen LogP contribution in [-0.2, 0) is 17.6 Å². The molecular weight excluding hydrogens is 316 g/mol. The van der Waals surface area contributed by atoms with Crippen LogP contribution in [-0.4, -0.2) is 27.6 Å². The van der Waals surface area contributed by atoms with Crippen LogP contribution in [0.3, 0.4) is 0 Å². The molecular formula is C14H12ClF2N3O2. The number of carbonyl (C=O) groups is 1. The Morgan fingerprint density at radius 2 is 2.14 bits per heavy atom. The molecule has 0 spiro atoms. The Hall–Kier alpha value is -2.28. The molecule has 2 aromatic heterocycles. The zero-order valence-corrected chi connectivity index (χ0v) is 12.1. The van der Waals surface area contributed by atoms with Crippen LogP contribution in [0.1, 0.15) is 11.3 Å². The highest BCUT2D eigenvalue weighted by Gasteiger charge is 2.20. The summed E-state index contributed by atoms with van der Waals surface area (Å²) in [5.74, 6) is -3.76. The van der Waals surface area contributed by atoms with Crippen LogP contribution < -0.4 is 5.32 Å². The molecule has 22 heavy (non-hydrogen) atoms. The lowest BCUT2D eigenvalue weighted by atomic mass is 10.1. The molecule has 2 rings (SSSR count). The molecule has 2 N–H and O–H groups in total. The van der Waals surface area contributed by atoms with E-state index in [1.807, 2.05) is 6.07 Å². The number of aliphatic carboxylic acids is 1. The number of rotatable bonds is 6. The van der Waals surface area contributed by atoms with Crippen LogP contribution in [0.2, 0.25) is 5.02 Å². The summed E-state index contributed by atoms with van der Waals surface area (Å²) in [4.78, 5) is 18.2. The summed E-state index contributed by atoms with van der Waals surface area (Å²) in [5, 5.41) is 10.7. The zero-order valence-electron chi connectivity index (χ0n) is 11.3. The van der Waals surface area contributed by atoms with E-state index in [2.05, 4.69) is 15.3 Å². The van der Waals surface area contributed by atoms with Crippen LogP contribution in [0.5, 0.6) is 0 Å². The molecule has 5 nitrogen and oxygen atoms in total. The number of aromatic nitrogens is 2. The Kier molecular flexibility index (Phi) is 5.21. The van der Waals surface area contributed by atoms with Gasteiger partial charge in [0.1, 0.15) is 5.02 Å². The van der Waals surface area contributed by atoms with Crippen molar-refractivity contribution in [3.63, 3.8) is 0 Å². The van der Waals surface area contributed by atoms with Crippen molar-refractivity contribution in [2.45, 2.75) is 12.8 Å². The first-order valence-corrected chi connectivity index (χ1v) is 6.75. The van der Waals surface area contributed by atoms with Gasteiger partial charge in [-0.1, -0.05) is 17.7 Å². The van der Waals surface area contributed by atoms with Gasteiger partial charge in [-0.25, -0.2) is 4.39 Å². The van der Waals surface area contributed by atoms with Gasteiger partial charge in [-0.05, 0) is 12.1 Å². The predicted molar refractivity (Wildman–Crippen MR) is 76.9 cm³/mol. The molecule has 2 heterocycles. The minimum atomic E-state index is -1.31. The van der Waals surface area contributed by atoms with Crippen molar-refractivity contribution in [2.24, 2.45) is 0 Å². The third-order valence-electron chi connectivity index (χ3n) is 2.86. The maximum absolute atomic E-state index is 14.1. The van der Waals surface area contributed by atoms with Gasteiger partial charge in [-0.15, -0.1) is 0 Å². The Morgan fingerprint density at radius 3 is 2.77 bits per heavy atom. The number of nitrogens with zero attached hydrogens (tertiary/aromatic N) is 2. The number of hydrogen-bond donors (Lipinski definition) is 2. The molecule has 0 atom stereocenters. The monoisotopic (exact) mass is 327 g/mol. The smallest absolute Gasteiger partial charge is 0.307 e. The summed E-state index contributed by atoms with van der Waals surface area (Å²) in [6.07, 6.45) is 1.38. The highest BCUT2D eigenvalue weighted by Crippen LogP contribution is 2.26. The van der Waals surface area contributed by atoms with Crippen LogP contribution >= 0.6 is 11.6 Å². The second kappa shape index (κ2) is 7.13. The minimum absolute atomic E-state index is 0.258. The van der Waals surface area contributed by atoms with Crippen LogP contribution in [0.4, 0.5) is 14.6 Å². The Balaban J connectivity index is 2.13. The molecule has 8 heteroatoms. The first kappa shape index (κ1) is 16.1. The average Bonchev–Trinajstić information content (AvgIpc) is 2.49. The van der Waals surface area contributed by atoms with E-state index in [1.54, 1.807) is 18.3 Å². The van der Waals surface area contributed by atoms with Gasteiger partial charge in [0.25, 0.3) is 0 Å². The summed E-state index contributed by atoms with van der Waals surface area (Å²) >= 11 is 5.57. The molecule has 0 aromatic carbocycles. The Morgan fingerprint density at radius 1 is 1.36 bits per heavy atom. The summed E-state index contributed by atoms with van der Waals surface area (Å²) in [5.41, 5.74) is 0.345. The summed E-state index contributed by atoms with van der Waals surface area (Å²) in [6, 6.07) is 5.38. The molecule has 0 aliphatic carbocycles. The Bertz CT molecular complexity index is 684. The maximum Gasteiger partial charge on any atom is 0.307 e. The molecule has 0 unspecified atom stereocenters. The quantitative estimate of drug-likeness (QED) is 0.798. The van der Waals surface area contributed by atoms with Gasteiger partial charge in [0, 0.05) is 30.4 Å². The normalized spacial score (nSPS) is 10.5. The molecule has 0 bridgehead atoms. The van der Waals surface area contributed by atoms with Crippen LogP contribution in [0.15, 0.2) is 24.4 Å². The first-order chi connectivity index (χ1) is 10.5. The van der Waals surface area contributed by atoms with E-state index in [4.69, 9.17) is 16.7 Å². The van der Waals surface area contributed by atoms with Crippen molar-refractivity contribution >= 4 is 23.4 Å². The van der Waals surface area contributed by atoms with Gasteiger partial charge in [0.05, 0.1) is 6.42 Å². The van der Waals surface area contributed by atoms with E-state index in [0.29, 0.717) is 6.42 Å². The van der Waals surface area contributed by atoms with E-state index >= 15 is 0 Å². The topological polar surface area (TPSA) is 75.1 Å². The largest absolute Gasteiger partial charge is 0.481 e. The van der Waals surface area contributed by atoms with Crippen molar-refractivity contribution in [3.05, 3.63) is 52.4 Å². The number of pyridine rings is 2. The first-order valence-electron chi connectivity index (χ1n) is 6.38. The summed E-state index contributed by atoms with van der Waals surface area (Å²) in [7, 11) is 0. The number of carboxylic acids is 1. The fourth-order valence-corrected chi connectivity index (χ4v) is 2.03. The fourth-order valence-electron chi connectivity index (χ4n) is 1.84. The van der Waals surface area contributed by atoms with Gasteiger partial charge >= 0.3 is 5.97 Å². The Labute approximate surface area is 130 Å². The van der Waals surface area contributed by atoms with Gasteiger partial charge in [-0.3, -0.25) is 9.78 Å². The highest BCUT2D eigenvalue weighted by molar-refractivity contribution is 6.31. The van der Waals surface area contributed by atoms with E-state index in [0.717, 1.165) is 5.69 Å². The van der Waals surface area contributed by atoms with E-state index < -0.39 is 34.7 Å². The van der Waals surface area contributed by atoms with Gasteiger partial charge in [-0.2, -0.15) is 9.37 Å². The maximum atomic E-state index is 14.1. The second-order valence-corrected chi connectivity index (χ2v) is 4.80. The molecule has 0 saturated carbocycles. The third-order valence-corrected chi connectivity index (χ3v) is 3.24. The van der Waals surface area contributed by atoms with Crippen LogP contribution in [0, 0.1) is 11.8 Å². The lowest BCUT2D eigenvalue weighted by Gasteiger charge is -2.11. The number of nitrogens with one attached hydrogen (secondary N) is 1. The fraction of sp³-hybridized carbons (Fsp3) is 0.214. The molecule has 0 fully saturated rings. The number of hydrogen-bond acceptors (Lipinski definition) is 4.